The largest absolute Gasteiger partial charge is 0.497 e. The molecule has 1 aromatic heterocycles. The molecule has 1 aliphatic rings. The Bertz CT molecular complexity index is 952. The number of ether oxygens (including phenoxy) is 1. The molecule has 4 rings (SSSR count). The van der Waals surface area contributed by atoms with E-state index in [0.29, 0.717) is 0 Å². The summed E-state index contributed by atoms with van der Waals surface area (Å²) in [7, 11) is 3.78. The number of aliphatic hydroxyl groups excluding tert-OH is 1. The van der Waals surface area contributed by atoms with Crippen molar-refractivity contribution in [2.45, 2.75) is 25.8 Å². The van der Waals surface area contributed by atoms with Crippen molar-refractivity contribution < 1.29 is 9.84 Å². The molecule has 1 saturated heterocycles. The monoisotopic (exact) mass is 379 g/mol. The van der Waals surface area contributed by atoms with Crippen LogP contribution in [0.25, 0.3) is 11.0 Å². The molecule has 1 N–H and O–H groups in total. The summed E-state index contributed by atoms with van der Waals surface area (Å²) in [5.74, 6) is 1.95. The molecule has 0 radical (unpaired) electrons. The van der Waals surface area contributed by atoms with Crippen LogP contribution < -0.4 is 4.74 Å². The first-order chi connectivity index (χ1) is 13.6. The fourth-order valence-electron chi connectivity index (χ4n) is 4.53. The quantitative estimate of drug-likeness (QED) is 0.713. The minimum absolute atomic E-state index is 0.116. The number of rotatable bonds is 6. The van der Waals surface area contributed by atoms with E-state index in [2.05, 4.69) is 46.8 Å². The number of imidazole rings is 1. The number of aryl methyl sites for hydroxylation is 1. The van der Waals surface area contributed by atoms with Gasteiger partial charge in [-0.1, -0.05) is 24.3 Å². The molecular weight excluding hydrogens is 350 g/mol. The number of methoxy groups -OCH3 is 1. The van der Waals surface area contributed by atoms with Crippen LogP contribution >= 0.6 is 0 Å². The van der Waals surface area contributed by atoms with Crippen LogP contribution in [0.2, 0.25) is 0 Å². The number of aromatic nitrogens is 2. The second-order valence-electron chi connectivity index (χ2n) is 8.08. The summed E-state index contributed by atoms with van der Waals surface area (Å²) in [6.07, 6.45) is 2.99. The SMILES string of the molecule is COc1cccc(CC2(CO)CCCN(Cc3nc4ccccc4n3C)C2)c1. The Balaban J connectivity index is 1.52. The lowest BCUT2D eigenvalue weighted by Gasteiger charge is -2.42. The molecule has 0 bridgehead atoms. The van der Waals surface area contributed by atoms with Gasteiger partial charge in [-0.3, -0.25) is 4.90 Å². The maximum absolute atomic E-state index is 10.3. The van der Waals surface area contributed by atoms with Crippen LogP contribution in [-0.2, 0) is 20.0 Å². The van der Waals surface area contributed by atoms with Gasteiger partial charge >= 0.3 is 0 Å². The van der Waals surface area contributed by atoms with E-state index < -0.39 is 0 Å². The molecule has 2 aromatic carbocycles. The third-order valence-electron chi connectivity index (χ3n) is 6.03. The van der Waals surface area contributed by atoms with E-state index >= 15 is 0 Å². The van der Waals surface area contributed by atoms with Gasteiger partial charge in [-0.25, -0.2) is 4.98 Å². The standard InChI is InChI=1S/C23H29N3O2/c1-25-21-10-4-3-9-20(21)24-22(25)15-26-12-6-11-23(16-26,17-27)14-18-7-5-8-19(13-18)28-2/h3-5,7-10,13,27H,6,11-12,14-17H2,1-2H3. The number of likely N-dealkylation sites (tertiary alicyclic amines) is 1. The zero-order chi connectivity index (χ0) is 19.6. The van der Waals surface area contributed by atoms with E-state index in [1.807, 2.05) is 18.2 Å². The van der Waals surface area contributed by atoms with Gasteiger partial charge in [0.25, 0.3) is 0 Å². The Morgan fingerprint density at radius 2 is 2.04 bits per heavy atom. The number of hydrogen-bond donors (Lipinski definition) is 1. The Morgan fingerprint density at radius 1 is 1.18 bits per heavy atom. The predicted molar refractivity (Wildman–Crippen MR) is 111 cm³/mol. The molecule has 5 nitrogen and oxygen atoms in total. The Morgan fingerprint density at radius 3 is 2.82 bits per heavy atom. The summed E-state index contributed by atoms with van der Waals surface area (Å²) in [5, 5.41) is 10.3. The third-order valence-corrected chi connectivity index (χ3v) is 6.03. The van der Waals surface area contributed by atoms with Crippen molar-refractivity contribution in [3.05, 3.63) is 59.9 Å². The number of hydrogen-bond acceptors (Lipinski definition) is 4. The minimum atomic E-state index is -0.116. The van der Waals surface area contributed by atoms with E-state index in [1.54, 1.807) is 7.11 Å². The molecule has 0 saturated carbocycles. The highest BCUT2D eigenvalue weighted by molar-refractivity contribution is 5.75. The first-order valence-corrected chi connectivity index (χ1v) is 9.99. The molecule has 1 fully saturated rings. The number of benzene rings is 2. The molecule has 0 aliphatic carbocycles. The normalized spacial score (nSPS) is 20.5. The molecule has 5 heteroatoms. The van der Waals surface area contributed by atoms with E-state index in [0.717, 1.165) is 56.0 Å². The fourth-order valence-corrected chi connectivity index (χ4v) is 4.53. The number of fused-ring (bicyclic) bond motifs is 1. The van der Waals surface area contributed by atoms with Crippen molar-refractivity contribution in [2.75, 3.05) is 26.8 Å². The van der Waals surface area contributed by atoms with Crippen LogP contribution in [0.5, 0.6) is 5.75 Å². The Kier molecular flexibility index (Phi) is 5.38. The lowest BCUT2D eigenvalue weighted by molar-refractivity contribution is 0.0275. The molecule has 28 heavy (non-hydrogen) atoms. The lowest BCUT2D eigenvalue weighted by atomic mass is 9.75. The first-order valence-electron chi connectivity index (χ1n) is 9.99. The van der Waals surface area contributed by atoms with Gasteiger partial charge in [0.1, 0.15) is 11.6 Å². The molecule has 1 atom stereocenters. The zero-order valence-corrected chi connectivity index (χ0v) is 16.8. The van der Waals surface area contributed by atoms with Crippen LogP contribution in [0.4, 0.5) is 0 Å². The summed E-state index contributed by atoms with van der Waals surface area (Å²) in [6, 6.07) is 16.5. The van der Waals surface area contributed by atoms with Crippen LogP contribution in [-0.4, -0.2) is 46.4 Å². The Labute approximate surface area is 166 Å². The molecule has 1 unspecified atom stereocenters. The number of para-hydroxylation sites is 2. The van der Waals surface area contributed by atoms with Gasteiger partial charge in [-0.2, -0.15) is 0 Å². The second kappa shape index (κ2) is 7.94. The highest BCUT2D eigenvalue weighted by Gasteiger charge is 2.35. The number of piperidine rings is 1. The zero-order valence-electron chi connectivity index (χ0n) is 16.8. The van der Waals surface area contributed by atoms with E-state index in [9.17, 15) is 5.11 Å². The van der Waals surface area contributed by atoms with Crippen molar-refractivity contribution in [3.63, 3.8) is 0 Å². The van der Waals surface area contributed by atoms with Crippen molar-refractivity contribution >= 4 is 11.0 Å². The highest BCUT2D eigenvalue weighted by atomic mass is 16.5. The molecular formula is C23H29N3O2. The summed E-state index contributed by atoms with van der Waals surface area (Å²) < 4.78 is 7.56. The predicted octanol–water partition coefficient (Wildman–Crippen LogP) is 3.40. The third kappa shape index (κ3) is 3.77. The van der Waals surface area contributed by atoms with Crippen LogP contribution in [0, 0.1) is 5.41 Å². The first kappa shape index (κ1) is 19.0. The van der Waals surface area contributed by atoms with Gasteiger partial charge in [0.15, 0.2) is 0 Å². The van der Waals surface area contributed by atoms with Gasteiger partial charge in [0.05, 0.1) is 31.3 Å². The molecule has 148 valence electrons. The lowest BCUT2D eigenvalue weighted by Crippen LogP contribution is -2.46. The summed E-state index contributed by atoms with van der Waals surface area (Å²) in [4.78, 5) is 7.27. The van der Waals surface area contributed by atoms with Crippen LogP contribution in [0.15, 0.2) is 48.5 Å². The van der Waals surface area contributed by atoms with Gasteiger partial charge in [-0.05, 0) is 55.6 Å². The van der Waals surface area contributed by atoms with E-state index in [4.69, 9.17) is 9.72 Å². The maximum Gasteiger partial charge on any atom is 0.123 e. The average molecular weight is 380 g/mol. The van der Waals surface area contributed by atoms with Crippen LogP contribution in [0.3, 0.4) is 0 Å². The van der Waals surface area contributed by atoms with Crippen molar-refractivity contribution in [3.8, 4) is 5.75 Å². The van der Waals surface area contributed by atoms with Gasteiger partial charge < -0.3 is 14.4 Å². The topological polar surface area (TPSA) is 50.5 Å². The van der Waals surface area contributed by atoms with Crippen molar-refractivity contribution in [1.29, 1.82) is 0 Å². The molecule has 2 heterocycles. The highest BCUT2D eigenvalue weighted by Crippen LogP contribution is 2.34. The van der Waals surface area contributed by atoms with Crippen LogP contribution in [0.1, 0.15) is 24.2 Å². The van der Waals surface area contributed by atoms with Gasteiger partial charge in [0.2, 0.25) is 0 Å². The maximum atomic E-state index is 10.3. The molecule has 3 aromatic rings. The van der Waals surface area contributed by atoms with Crippen molar-refractivity contribution in [1.82, 2.24) is 14.5 Å². The number of aliphatic hydroxyl groups is 1. The average Bonchev–Trinajstić information content (AvgIpc) is 3.04. The summed E-state index contributed by atoms with van der Waals surface area (Å²) >= 11 is 0. The summed E-state index contributed by atoms with van der Waals surface area (Å²) in [6.45, 7) is 2.93. The fraction of sp³-hybridized carbons (Fsp3) is 0.435. The Hall–Kier alpha value is -2.37. The van der Waals surface area contributed by atoms with Gasteiger partial charge in [-0.15, -0.1) is 0 Å². The molecule has 0 spiro atoms. The second-order valence-corrected chi connectivity index (χ2v) is 8.08. The van der Waals surface area contributed by atoms with E-state index in [-0.39, 0.29) is 12.0 Å². The molecule has 0 amide bonds. The van der Waals surface area contributed by atoms with Crippen molar-refractivity contribution in [2.24, 2.45) is 12.5 Å². The van der Waals surface area contributed by atoms with Gasteiger partial charge in [0, 0.05) is 19.0 Å². The number of nitrogens with zero attached hydrogens (tertiary/aromatic N) is 3. The minimum Gasteiger partial charge on any atom is -0.497 e. The smallest absolute Gasteiger partial charge is 0.123 e. The molecule has 1 aliphatic heterocycles. The van der Waals surface area contributed by atoms with E-state index in [1.165, 1.54) is 11.1 Å². The summed E-state index contributed by atoms with van der Waals surface area (Å²) in [5.41, 5.74) is 3.31.